The summed E-state index contributed by atoms with van der Waals surface area (Å²) in [5.74, 6) is 0.107. The summed E-state index contributed by atoms with van der Waals surface area (Å²) in [5.41, 5.74) is 8.32. The summed E-state index contributed by atoms with van der Waals surface area (Å²) in [4.78, 5) is 0. The summed E-state index contributed by atoms with van der Waals surface area (Å²) in [6.07, 6.45) is 0. The average molecular weight is 207 g/mol. The second-order valence-electron chi connectivity index (χ2n) is 2.99. The van der Waals surface area contributed by atoms with Gasteiger partial charge < -0.3 is 11.1 Å². The fourth-order valence-electron chi connectivity index (χ4n) is 1.23. The van der Waals surface area contributed by atoms with Gasteiger partial charge in [0.15, 0.2) is 0 Å². The molecule has 1 aromatic rings. The molecule has 0 aliphatic heterocycles. The lowest BCUT2D eigenvalue weighted by molar-refractivity contribution is 1.20. The number of aryl methyl sites for hydroxylation is 1. The lowest BCUT2D eigenvalue weighted by atomic mass is 10.1. The number of anilines is 1. The lowest BCUT2D eigenvalue weighted by Gasteiger charge is -2.09. The zero-order valence-electron chi connectivity index (χ0n) is 10.0. The van der Waals surface area contributed by atoms with Crippen molar-refractivity contribution >= 4 is 11.5 Å². The number of benzene rings is 1. The molecule has 0 atom stereocenters. The zero-order chi connectivity index (χ0) is 11.8. The van der Waals surface area contributed by atoms with Crippen LogP contribution in [-0.2, 0) is 0 Å². The maximum atomic E-state index is 7.36. The quantitative estimate of drug-likeness (QED) is 0.527. The summed E-state index contributed by atoms with van der Waals surface area (Å²) >= 11 is 0. The molecule has 0 aliphatic rings. The monoisotopic (exact) mass is 207 g/mol. The molecule has 0 radical (unpaired) electrons. The lowest BCUT2D eigenvalue weighted by Crippen LogP contribution is -2.14. The molecule has 0 aliphatic carbocycles. The van der Waals surface area contributed by atoms with Gasteiger partial charge in [-0.25, -0.2) is 0 Å². The van der Waals surface area contributed by atoms with E-state index in [1.807, 2.05) is 45.9 Å². The van der Waals surface area contributed by atoms with Crippen LogP contribution in [0.15, 0.2) is 18.2 Å². The van der Waals surface area contributed by atoms with E-state index >= 15 is 0 Å². The first-order valence-electron chi connectivity index (χ1n) is 5.34. The highest BCUT2D eigenvalue weighted by molar-refractivity contribution is 6.00. The average Bonchev–Trinajstić information content (AvgIpc) is 2.21. The van der Waals surface area contributed by atoms with Crippen LogP contribution in [0, 0.1) is 12.3 Å². The number of amidine groups is 1. The summed E-state index contributed by atoms with van der Waals surface area (Å²) in [6, 6.07) is 5.83. The van der Waals surface area contributed by atoms with Gasteiger partial charge in [-0.2, -0.15) is 0 Å². The van der Waals surface area contributed by atoms with E-state index in [2.05, 4.69) is 5.32 Å². The molecule has 1 rings (SSSR count). The maximum Gasteiger partial charge on any atom is 0.124 e. The van der Waals surface area contributed by atoms with E-state index in [9.17, 15) is 0 Å². The van der Waals surface area contributed by atoms with Crippen molar-refractivity contribution in [3.8, 4) is 0 Å². The van der Waals surface area contributed by atoms with Gasteiger partial charge in [0, 0.05) is 17.8 Å². The third-order valence-electron chi connectivity index (χ3n) is 1.83. The highest BCUT2D eigenvalue weighted by atomic mass is 14.9. The summed E-state index contributed by atoms with van der Waals surface area (Å²) in [5, 5.41) is 10.5. The number of hydrogen-bond donors (Lipinski definition) is 3. The Kier molecular flexibility index (Phi) is 6.18. The van der Waals surface area contributed by atoms with E-state index in [1.54, 1.807) is 0 Å². The van der Waals surface area contributed by atoms with Crippen molar-refractivity contribution in [2.45, 2.75) is 27.7 Å². The fourth-order valence-corrected chi connectivity index (χ4v) is 1.23. The van der Waals surface area contributed by atoms with Crippen molar-refractivity contribution in [2.75, 3.05) is 11.9 Å². The van der Waals surface area contributed by atoms with Crippen LogP contribution in [0.5, 0.6) is 0 Å². The largest absolute Gasteiger partial charge is 0.385 e. The molecular formula is C12H21N3. The van der Waals surface area contributed by atoms with Gasteiger partial charge in [-0.1, -0.05) is 19.9 Å². The number of nitrogens with two attached hydrogens (primary N) is 1. The van der Waals surface area contributed by atoms with Gasteiger partial charge in [-0.05, 0) is 31.5 Å². The van der Waals surface area contributed by atoms with Gasteiger partial charge in [0.1, 0.15) is 5.84 Å². The molecule has 3 heteroatoms. The van der Waals surface area contributed by atoms with E-state index in [1.165, 1.54) is 5.56 Å². The minimum absolute atomic E-state index is 0.107. The third kappa shape index (κ3) is 4.02. The van der Waals surface area contributed by atoms with Gasteiger partial charge in [-0.3, -0.25) is 5.41 Å². The van der Waals surface area contributed by atoms with Gasteiger partial charge >= 0.3 is 0 Å². The van der Waals surface area contributed by atoms with Gasteiger partial charge in [0.25, 0.3) is 0 Å². The maximum absolute atomic E-state index is 7.36. The molecule has 0 bridgehead atoms. The molecule has 0 saturated carbocycles. The Labute approximate surface area is 92.2 Å². The van der Waals surface area contributed by atoms with Crippen LogP contribution < -0.4 is 11.1 Å². The Morgan fingerprint density at radius 2 is 2.00 bits per heavy atom. The van der Waals surface area contributed by atoms with Crippen molar-refractivity contribution in [1.29, 1.82) is 5.41 Å². The molecule has 3 nitrogen and oxygen atoms in total. The summed E-state index contributed by atoms with van der Waals surface area (Å²) in [7, 11) is 0. The molecular weight excluding hydrogens is 186 g/mol. The van der Waals surface area contributed by atoms with E-state index in [0.717, 1.165) is 17.8 Å². The van der Waals surface area contributed by atoms with Crippen LogP contribution in [0.1, 0.15) is 31.9 Å². The van der Waals surface area contributed by atoms with Crippen molar-refractivity contribution in [2.24, 2.45) is 5.73 Å². The Morgan fingerprint density at radius 1 is 1.40 bits per heavy atom. The number of hydrogen-bond acceptors (Lipinski definition) is 2. The van der Waals surface area contributed by atoms with Crippen LogP contribution in [0.2, 0.25) is 0 Å². The molecule has 0 aromatic heterocycles. The summed E-state index contributed by atoms with van der Waals surface area (Å²) < 4.78 is 0. The minimum atomic E-state index is 0.107. The number of nitrogens with one attached hydrogen (secondary N) is 2. The van der Waals surface area contributed by atoms with Gasteiger partial charge in [-0.15, -0.1) is 0 Å². The molecule has 15 heavy (non-hydrogen) atoms. The third-order valence-corrected chi connectivity index (χ3v) is 1.83. The summed E-state index contributed by atoms with van der Waals surface area (Å²) in [6.45, 7) is 8.88. The molecule has 1 aromatic carbocycles. The molecule has 0 amide bonds. The normalized spacial score (nSPS) is 8.80. The second-order valence-corrected chi connectivity index (χ2v) is 2.99. The molecule has 0 unspecified atom stereocenters. The van der Waals surface area contributed by atoms with Crippen LogP contribution >= 0.6 is 0 Å². The van der Waals surface area contributed by atoms with Crippen LogP contribution in [0.25, 0.3) is 0 Å². The molecule has 0 fully saturated rings. The molecule has 4 N–H and O–H groups in total. The van der Waals surface area contributed by atoms with E-state index in [-0.39, 0.29) is 5.84 Å². The first-order valence-corrected chi connectivity index (χ1v) is 5.34. The standard InChI is InChI=1S/C10H15N3.C2H6/c1-3-13-9-6-7(2)4-5-8(9)10(11)12;1-2/h4-6,13H,3H2,1-2H3,(H3,11,12);1-2H3. The highest BCUT2D eigenvalue weighted by Gasteiger charge is 2.03. The fraction of sp³-hybridized carbons (Fsp3) is 0.417. The molecule has 0 spiro atoms. The predicted octanol–water partition coefficient (Wildman–Crippen LogP) is 2.74. The van der Waals surface area contributed by atoms with Crippen molar-refractivity contribution < 1.29 is 0 Å². The smallest absolute Gasteiger partial charge is 0.124 e. The van der Waals surface area contributed by atoms with Crippen LogP contribution in [0.3, 0.4) is 0 Å². The van der Waals surface area contributed by atoms with Gasteiger partial charge in [0.2, 0.25) is 0 Å². The Balaban J connectivity index is 0.000000921. The van der Waals surface area contributed by atoms with Gasteiger partial charge in [0.05, 0.1) is 0 Å². The SMILES string of the molecule is CC.CCNc1cc(C)ccc1C(=N)N. The van der Waals surface area contributed by atoms with Crippen LogP contribution in [0.4, 0.5) is 5.69 Å². The first-order chi connectivity index (χ1) is 7.15. The number of rotatable bonds is 3. The van der Waals surface area contributed by atoms with Crippen LogP contribution in [-0.4, -0.2) is 12.4 Å². The molecule has 0 saturated heterocycles. The second kappa shape index (κ2) is 6.87. The number of nitrogen functional groups attached to an aromatic ring is 1. The van der Waals surface area contributed by atoms with E-state index < -0.39 is 0 Å². The Morgan fingerprint density at radius 3 is 2.47 bits per heavy atom. The van der Waals surface area contributed by atoms with E-state index in [0.29, 0.717) is 0 Å². The molecule has 84 valence electrons. The van der Waals surface area contributed by atoms with Crippen molar-refractivity contribution in [3.63, 3.8) is 0 Å². The Bertz CT molecular complexity index is 319. The van der Waals surface area contributed by atoms with Crippen molar-refractivity contribution in [3.05, 3.63) is 29.3 Å². The van der Waals surface area contributed by atoms with Crippen molar-refractivity contribution in [1.82, 2.24) is 0 Å². The topological polar surface area (TPSA) is 61.9 Å². The predicted molar refractivity (Wildman–Crippen MR) is 67.7 cm³/mol. The Hall–Kier alpha value is -1.51. The van der Waals surface area contributed by atoms with E-state index in [4.69, 9.17) is 11.1 Å². The first kappa shape index (κ1) is 13.5. The minimum Gasteiger partial charge on any atom is -0.385 e. The zero-order valence-corrected chi connectivity index (χ0v) is 10.0. The molecule has 0 heterocycles. The highest BCUT2D eigenvalue weighted by Crippen LogP contribution is 2.16.